The molecule has 0 aliphatic rings. The molecule has 0 saturated carbocycles. The van der Waals surface area contributed by atoms with E-state index in [1.54, 1.807) is 0 Å². The van der Waals surface area contributed by atoms with Crippen LogP contribution in [-0.4, -0.2) is 5.78 Å². The molecule has 1 heteroatoms. The number of hydrogen-bond acceptors (Lipinski definition) is 1. The summed E-state index contributed by atoms with van der Waals surface area (Å²) in [6.45, 7) is 11.8. The fourth-order valence-corrected chi connectivity index (χ4v) is 1.14. The van der Waals surface area contributed by atoms with E-state index in [1.165, 1.54) is 5.56 Å². The van der Waals surface area contributed by atoms with Crippen LogP contribution in [0.15, 0.2) is 24.3 Å². The highest BCUT2D eigenvalue weighted by Crippen LogP contribution is 2.20. The standard InChI is InChI=1S/C12H16O.C2H6/c1-9-5-7-10(8-6-9)11(13)12(2,3)4;1-2/h5-8H,1-4H3;1-2H3. The molecule has 84 valence electrons. The Morgan fingerprint density at radius 1 is 1.00 bits per heavy atom. The molecule has 0 spiro atoms. The van der Waals surface area contributed by atoms with E-state index < -0.39 is 0 Å². The fourth-order valence-electron chi connectivity index (χ4n) is 1.14. The highest BCUT2D eigenvalue weighted by Gasteiger charge is 2.22. The number of hydrogen-bond donors (Lipinski definition) is 0. The number of benzene rings is 1. The smallest absolute Gasteiger partial charge is 0.168 e. The Morgan fingerprint density at radius 2 is 1.40 bits per heavy atom. The topological polar surface area (TPSA) is 17.1 Å². The van der Waals surface area contributed by atoms with Gasteiger partial charge in [0.1, 0.15) is 0 Å². The van der Waals surface area contributed by atoms with Crippen LogP contribution >= 0.6 is 0 Å². The summed E-state index contributed by atoms with van der Waals surface area (Å²) in [4.78, 5) is 11.8. The van der Waals surface area contributed by atoms with Crippen molar-refractivity contribution in [3.05, 3.63) is 35.4 Å². The van der Waals surface area contributed by atoms with Gasteiger partial charge in [-0.25, -0.2) is 0 Å². The zero-order chi connectivity index (χ0) is 12.1. The summed E-state index contributed by atoms with van der Waals surface area (Å²) in [6, 6.07) is 7.73. The van der Waals surface area contributed by atoms with E-state index >= 15 is 0 Å². The van der Waals surface area contributed by atoms with Crippen molar-refractivity contribution in [2.45, 2.75) is 41.5 Å². The normalized spacial score (nSPS) is 10.3. The number of Topliss-reactive ketones (excluding diaryl/α,β-unsaturated/α-hetero) is 1. The Balaban J connectivity index is 0.000000921. The number of carbonyl (C=O) groups excluding carboxylic acids is 1. The van der Waals surface area contributed by atoms with Gasteiger partial charge >= 0.3 is 0 Å². The van der Waals surface area contributed by atoms with E-state index in [1.807, 2.05) is 65.8 Å². The van der Waals surface area contributed by atoms with Gasteiger partial charge < -0.3 is 0 Å². The highest BCUT2D eigenvalue weighted by atomic mass is 16.1. The molecule has 0 aliphatic heterocycles. The maximum atomic E-state index is 11.8. The highest BCUT2D eigenvalue weighted by molar-refractivity contribution is 5.99. The second-order valence-corrected chi connectivity index (χ2v) is 4.45. The van der Waals surface area contributed by atoms with Gasteiger partial charge in [0, 0.05) is 11.0 Å². The zero-order valence-electron chi connectivity index (χ0n) is 10.7. The summed E-state index contributed by atoms with van der Waals surface area (Å²) < 4.78 is 0. The molecule has 0 amide bonds. The van der Waals surface area contributed by atoms with E-state index in [0.29, 0.717) is 0 Å². The lowest BCUT2D eigenvalue weighted by molar-refractivity contribution is 0.0858. The van der Waals surface area contributed by atoms with Crippen LogP contribution in [0.5, 0.6) is 0 Å². The molecular weight excluding hydrogens is 184 g/mol. The van der Waals surface area contributed by atoms with Crippen LogP contribution in [0.2, 0.25) is 0 Å². The van der Waals surface area contributed by atoms with Gasteiger partial charge in [0.05, 0.1) is 0 Å². The van der Waals surface area contributed by atoms with Gasteiger partial charge in [-0.15, -0.1) is 0 Å². The number of ketones is 1. The first-order chi connectivity index (χ1) is 6.91. The summed E-state index contributed by atoms with van der Waals surface area (Å²) in [5.41, 5.74) is 1.71. The van der Waals surface area contributed by atoms with Crippen molar-refractivity contribution in [2.75, 3.05) is 0 Å². The largest absolute Gasteiger partial charge is 0.294 e. The average Bonchev–Trinajstić information content (AvgIpc) is 2.20. The summed E-state index contributed by atoms with van der Waals surface area (Å²) >= 11 is 0. The Labute approximate surface area is 93.5 Å². The monoisotopic (exact) mass is 206 g/mol. The van der Waals surface area contributed by atoms with Gasteiger partial charge in [-0.2, -0.15) is 0 Å². The second-order valence-electron chi connectivity index (χ2n) is 4.45. The minimum absolute atomic E-state index is 0.201. The summed E-state index contributed by atoms with van der Waals surface area (Å²) in [7, 11) is 0. The van der Waals surface area contributed by atoms with Crippen LogP contribution in [0.25, 0.3) is 0 Å². The van der Waals surface area contributed by atoms with Crippen LogP contribution in [-0.2, 0) is 0 Å². The predicted molar refractivity (Wildman–Crippen MR) is 66.3 cm³/mol. The minimum atomic E-state index is -0.282. The Morgan fingerprint density at radius 3 is 1.73 bits per heavy atom. The lowest BCUT2D eigenvalue weighted by Gasteiger charge is -2.16. The fraction of sp³-hybridized carbons (Fsp3) is 0.500. The summed E-state index contributed by atoms with van der Waals surface area (Å²) in [5.74, 6) is 0.201. The van der Waals surface area contributed by atoms with Crippen molar-refractivity contribution >= 4 is 5.78 Å². The Bertz CT molecular complexity index is 301. The van der Waals surface area contributed by atoms with Crippen LogP contribution < -0.4 is 0 Å². The van der Waals surface area contributed by atoms with Gasteiger partial charge in [-0.3, -0.25) is 4.79 Å². The van der Waals surface area contributed by atoms with Gasteiger partial charge in [0.2, 0.25) is 0 Å². The van der Waals surface area contributed by atoms with Gasteiger partial charge in [-0.05, 0) is 6.92 Å². The molecule has 0 fully saturated rings. The molecule has 0 bridgehead atoms. The van der Waals surface area contributed by atoms with Crippen molar-refractivity contribution in [2.24, 2.45) is 5.41 Å². The Kier molecular flexibility index (Phi) is 5.27. The molecule has 1 nitrogen and oxygen atoms in total. The molecule has 0 saturated heterocycles. The number of aryl methyl sites for hydroxylation is 1. The summed E-state index contributed by atoms with van der Waals surface area (Å²) in [5, 5.41) is 0. The van der Waals surface area contributed by atoms with E-state index in [9.17, 15) is 4.79 Å². The molecule has 0 unspecified atom stereocenters. The first kappa shape index (κ1) is 13.9. The van der Waals surface area contributed by atoms with Crippen molar-refractivity contribution in [1.82, 2.24) is 0 Å². The number of carbonyl (C=O) groups is 1. The van der Waals surface area contributed by atoms with Crippen LogP contribution in [0.1, 0.15) is 50.5 Å². The SMILES string of the molecule is CC.Cc1ccc(C(=O)C(C)(C)C)cc1. The lowest BCUT2D eigenvalue weighted by atomic mass is 9.86. The van der Waals surface area contributed by atoms with Crippen molar-refractivity contribution in [3.63, 3.8) is 0 Å². The Hall–Kier alpha value is -1.11. The maximum absolute atomic E-state index is 11.8. The molecule has 0 N–H and O–H groups in total. The van der Waals surface area contributed by atoms with Gasteiger partial charge in [-0.1, -0.05) is 64.4 Å². The van der Waals surface area contributed by atoms with E-state index in [2.05, 4.69) is 0 Å². The van der Waals surface area contributed by atoms with Crippen molar-refractivity contribution in [1.29, 1.82) is 0 Å². The van der Waals surface area contributed by atoms with Gasteiger partial charge in [0.15, 0.2) is 5.78 Å². The van der Waals surface area contributed by atoms with Gasteiger partial charge in [0.25, 0.3) is 0 Å². The summed E-state index contributed by atoms with van der Waals surface area (Å²) in [6.07, 6.45) is 0. The van der Waals surface area contributed by atoms with E-state index in [0.717, 1.165) is 5.56 Å². The van der Waals surface area contributed by atoms with Crippen molar-refractivity contribution in [3.8, 4) is 0 Å². The predicted octanol–water partition coefficient (Wildman–Crippen LogP) is 4.25. The van der Waals surface area contributed by atoms with Crippen molar-refractivity contribution < 1.29 is 4.79 Å². The third-order valence-corrected chi connectivity index (χ3v) is 1.99. The third kappa shape index (κ3) is 4.28. The lowest BCUT2D eigenvalue weighted by Crippen LogP contribution is -2.19. The van der Waals surface area contributed by atoms with Crippen LogP contribution in [0.4, 0.5) is 0 Å². The molecular formula is C14H22O. The molecule has 1 aromatic carbocycles. The molecule has 1 aromatic rings. The molecule has 0 heterocycles. The molecule has 15 heavy (non-hydrogen) atoms. The quantitative estimate of drug-likeness (QED) is 0.628. The molecule has 1 rings (SSSR count). The third-order valence-electron chi connectivity index (χ3n) is 1.99. The molecule has 0 radical (unpaired) electrons. The van der Waals surface area contributed by atoms with Crippen LogP contribution in [0, 0.1) is 12.3 Å². The molecule has 0 aliphatic carbocycles. The zero-order valence-corrected chi connectivity index (χ0v) is 10.7. The first-order valence-corrected chi connectivity index (χ1v) is 5.53. The van der Waals surface area contributed by atoms with E-state index in [4.69, 9.17) is 0 Å². The second kappa shape index (κ2) is 5.69. The van der Waals surface area contributed by atoms with Crippen LogP contribution in [0.3, 0.4) is 0 Å². The van der Waals surface area contributed by atoms with E-state index in [-0.39, 0.29) is 11.2 Å². The minimum Gasteiger partial charge on any atom is -0.294 e. The maximum Gasteiger partial charge on any atom is 0.168 e. The molecule has 0 aromatic heterocycles. The number of rotatable bonds is 1. The first-order valence-electron chi connectivity index (χ1n) is 5.53. The average molecular weight is 206 g/mol. The molecule has 0 atom stereocenters.